The van der Waals surface area contributed by atoms with E-state index in [2.05, 4.69) is 47.8 Å². The van der Waals surface area contributed by atoms with Crippen LogP contribution in [0.2, 0.25) is 0 Å². The Hall–Kier alpha value is -0.520. The van der Waals surface area contributed by atoms with Crippen molar-refractivity contribution in [3.63, 3.8) is 0 Å². The van der Waals surface area contributed by atoms with Gasteiger partial charge < -0.3 is 0 Å². The molecule has 1 radical (unpaired) electrons. The number of hydrogen-bond acceptors (Lipinski definition) is 0. The maximum Gasteiger partial charge on any atom is 0.00586 e. The number of hydrogen-bond donors (Lipinski definition) is 0. The van der Waals surface area contributed by atoms with Crippen molar-refractivity contribution < 1.29 is 0 Å². The van der Waals surface area contributed by atoms with Gasteiger partial charge in [-0.25, -0.2) is 0 Å². The van der Waals surface area contributed by atoms with Gasteiger partial charge in [-0.1, -0.05) is 84.6 Å². The smallest absolute Gasteiger partial charge is 0.00586 e. The second-order valence-electron chi connectivity index (χ2n) is 6.64. The highest BCUT2D eigenvalue weighted by Crippen LogP contribution is 2.38. The molecular formula is C19H35. The zero-order valence-corrected chi connectivity index (χ0v) is 13.9. The summed E-state index contributed by atoms with van der Waals surface area (Å²) < 4.78 is 0. The van der Waals surface area contributed by atoms with E-state index in [4.69, 9.17) is 0 Å². The lowest BCUT2D eigenvalue weighted by atomic mass is 9.75. The molecule has 19 heavy (non-hydrogen) atoms. The van der Waals surface area contributed by atoms with Gasteiger partial charge in [-0.15, -0.1) is 0 Å². The molecule has 1 atom stereocenters. The minimum Gasteiger partial charge on any atom is -0.0990 e. The molecule has 0 N–H and O–H groups in total. The van der Waals surface area contributed by atoms with Crippen LogP contribution in [0.25, 0.3) is 0 Å². The molecule has 0 aliphatic heterocycles. The summed E-state index contributed by atoms with van der Waals surface area (Å²) in [6.07, 6.45) is 9.91. The lowest BCUT2D eigenvalue weighted by molar-refractivity contribution is 0.472. The Morgan fingerprint density at radius 3 is 1.95 bits per heavy atom. The first kappa shape index (κ1) is 18.5. The Bertz CT molecular complexity index is 268. The number of allylic oxidation sites excluding steroid dienone is 2. The quantitative estimate of drug-likeness (QED) is 0.286. The molecule has 0 bridgehead atoms. The number of unbranched alkanes of at least 4 members (excludes halogenated alkanes) is 3. The van der Waals surface area contributed by atoms with Crippen LogP contribution in [0.3, 0.4) is 0 Å². The molecule has 0 saturated carbocycles. The first-order valence-corrected chi connectivity index (χ1v) is 8.02. The third kappa shape index (κ3) is 7.60. The predicted molar refractivity (Wildman–Crippen MR) is 89.2 cm³/mol. The summed E-state index contributed by atoms with van der Waals surface area (Å²) >= 11 is 0. The Kier molecular flexibility index (Phi) is 9.14. The SMILES string of the molecule is [CH2]C(C)CCCC(=C)C(C)(C)C(=C)CCCCCC. The van der Waals surface area contributed by atoms with Gasteiger partial charge in [-0.2, -0.15) is 0 Å². The average molecular weight is 263 g/mol. The van der Waals surface area contributed by atoms with Gasteiger partial charge in [0.1, 0.15) is 0 Å². The third-order valence-corrected chi connectivity index (χ3v) is 4.28. The Morgan fingerprint density at radius 1 is 0.947 bits per heavy atom. The van der Waals surface area contributed by atoms with Gasteiger partial charge >= 0.3 is 0 Å². The summed E-state index contributed by atoms with van der Waals surface area (Å²) in [6, 6.07) is 0. The molecule has 111 valence electrons. The Balaban J connectivity index is 4.11. The molecule has 0 aromatic carbocycles. The van der Waals surface area contributed by atoms with Crippen LogP contribution in [-0.4, -0.2) is 0 Å². The minimum absolute atomic E-state index is 0.0939. The van der Waals surface area contributed by atoms with Crippen molar-refractivity contribution in [1.82, 2.24) is 0 Å². The predicted octanol–water partition coefficient (Wildman–Crippen LogP) is 6.74. The van der Waals surface area contributed by atoms with Crippen molar-refractivity contribution >= 4 is 0 Å². The molecule has 1 unspecified atom stereocenters. The van der Waals surface area contributed by atoms with Crippen molar-refractivity contribution in [2.24, 2.45) is 11.3 Å². The van der Waals surface area contributed by atoms with Gasteiger partial charge in [0.25, 0.3) is 0 Å². The van der Waals surface area contributed by atoms with Crippen LogP contribution in [-0.2, 0) is 0 Å². The highest BCUT2D eigenvalue weighted by atomic mass is 14.3. The van der Waals surface area contributed by atoms with Crippen LogP contribution in [0, 0.1) is 18.3 Å². The maximum absolute atomic E-state index is 4.32. The molecule has 0 spiro atoms. The molecule has 0 amide bonds. The van der Waals surface area contributed by atoms with Crippen molar-refractivity contribution in [3.05, 3.63) is 31.2 Å². The lowest BCUT2D eigenvalue weighted by Gasteiger charge is -2.30. The fourth-order valence-electron chi connectivity index (χ4n) is 2.30. The van der Waals surface area contributed by atoms with Gasteiger partial charge in [0.15, 0.2) is 0 Å². The molecule has 0 aliphatic rings. The molecule has 0 rings (SSSR count). The zero-order chi connectivity index (χ0) is 14.9. The summed E-state index contributed by atoms with van der Waals surface area (Å²) in [5, 5.41) is 0. The van der Waals surface area contributed by atoms with Crippen molar-refractivity contribution in [2.75, 3.05) is 0 Å². The Labute approximate surface area is 122 Å². The molecule has 0 aromatic rings. The summed E-state index contributed by atoms with van der Waals surface area (Å²) in [5.41, 5.74) is 2.79. The topological polar surface area (TPSA) is 0 Å². The number of rotatable bonds is 11. The van der Waals surface area contributed by atoms with Gasteiger partial charge in [-0.05, 0) is 31.6 Å². The van der Waals surface area contributed by atoms with Gasteiger partial charge in [0.2, 0.25) is 0 Å². The average Bonchev–Trinajstić information content (AvgIpc) is 2.33. The van der Waals surface area contributed by atoms with Gasteiger partial charge in [0.05, 0.1) is 0 Å². The molecule has 0 aromatic heterocycles. The third-order valence-electron chi connectivity index (χ3n) is 4.28. The molecular weight excluding hydrogens is 228 g/mol. The van der Waals surface area contributed by atoms with Crippen LogP contribution >= 0.6 is 0 Å². The van der Waals surface area contributed by atoms with E-state index in [-0.39, 0.29) is 5.41 Å². The van der Waals surface area contributed by atoms with Gasteiger partial charge in [0, 0.05) is 5.41 Å². The van der Waals surface area contributed by atoms with Crippen molar-refractivity contribution in [3.8, 4) is 0 Å². The van der Waals surface area contributed by atoms with Crippen LogP contribution in [0.4, 0.5) is 0 Å². The lowest BCUT2D eigenvalue weighted by Crippen LogP contribution is -2.17. The van der Waals surface area contributed by atoms with Crippen molar-refractivity contribution in [1.29, 1.82) is 0 Å². The fraction of sp³-hybridized carbons (Fsp3) is 0.737. The van der Waals surface area contributed by atoms with E-state index < -0.39 is 0 Å². The molecule has 0 fully saturated rings. The van der Waals surface area contributed by atoms with E-state index in [0.29, 0.717) is 5.92 Å². The van der Waals surface area contributed by atoms with Crippen molar-refractivity contribution in [2.45, 2.75) is 79.1 Å². The highest BCUT2D eigenvalue weighted by molar-refractivity contribution is 5.23. The van der Waals surface area contributed by atoms with Crippen LogP contribution in [0.5, 0.6) is 0 Å². The fourth-order valence-corrected chi connectivity index (χ4v) is 2.30. The monoisotopic (exact) mass is 263 g/mol. The summed E-state index contributed by atoms with van der Waals surface area (Å²) in [6.45, 7) is 21.7. The van der Waals surface area contributed by atoms with Crippen LogP contribution in [0.1, 0.15) is 79.1 Å². The summed E-state index contributed by atoms with van der Waals surface area (Å²) in [5.74, 6) is 0.549. The van der Waals surface area contributed by atoms with E-state index in [1.165, 1.54) is 49.7 Å². The molecule has 0 heteroatoms. The molecule has 0 aliphatic carbocycles. The first-order chi connectivity index (χ1) is 8.82. The second kappa shape index (κ2) is 9.39. The van der Waals surface area contributed by atoms with Crippen LogP contribution in [0.15, 0.2) is 24.3 Å². The zero-order valence-electron chi connectivity index (χ0n) is 13.9. The van der Waals surface area contributed by atoms with Gasteiger partial charge in [-0.3, -0.25) is 0 Å². The largest absolute Gasteiger partial charge is 0.0990 e. The van der Waals surface area contributed by atoms with E-state index in [0.717, 1.165) is 12.8 Å². The first-order valence-electron chi connectivity index (χ1n) is 8.02. The molecule has 0 nitrogen and oxygen atoms in total. The second-order valence-corrected chi connectivity index (χ2v) is 6.64. The molecule has 0 heterocycles. The minimum atomic E-state index is 0.0939. The molecule has 0 saturated heterocycles. The Morgan fingerprint density at radius 2 is 1.47 bits per heavy atom. The standard InChI is InChI=1S/C19H35/c1-8-9-10-11-14-17(4)19(6,7)18(5)15-12-13-16(2)3/h16H,2,4-5,8-15H2,1,3,6-7H3. The van der Waals surface area contributed by atoms with E-state index in [1.54, 1.807) is 0 Å². The van der Waals surface area contributed by atoms with E-state index in [9.17, 15) is 0 Å². The van der Waals surface area contributed by atoms with Crippen LogP contribution < -0.4 is 0 Å². The van der Waals surface area contributed by atoms with E-state index >= 15 is 0 Å². The highest BCUT2D eigenvalue weighted by Gasteiger charge is 2.24. The van der Waals surface area contributed by atoms with E-state index in [1.807, 2.05) is 0 Å². The normalized spacial score (nSPS) is 11.9. The summed E-state index contributed by atoms with van der Waals surface area (Å²) in [4.78, 5) is 0. The summed E-state index contributed by atoms with van der Waals surface area (Å²) in [7, 11) is 0. The maximum atomic E-state index is 4.32.